The predicted molar refractivity (Wildman–Crippen MR) is 229 cm³/mol. The Kier molecular flexibility index (Phi) is 7.71. The van der Waals surface area contributed by atoms with Gasteiger partial charge in [0.05, 0.1) is 0 Å². The molecule has 0 radical (unpaired) electrons. The van der Waals surface area contributed by atoms with Crippen LogP contribution in [0.4, 0.5) is 34.1 Å². The maximum absolute atomic E-state index is 2.41. The van der Waals surface area contributed by atoms with Gasteiger partial charge in [-0.3, -0.25) is 0 Å². The summed E-state index contributed by atoms with van der Waals surface area (Å²) in [7, 11) is 0. The standard InChI is InChI=1S/C50H34N2S/c1-4-17-37(18-5-1)51(38-19-6-2-7-20-38)41-30-36(48-32-35-16-10-11-23-43(35)44-24-12-13-25-45(44)48)31-42(33-41)52(39-21-8-3-9-22-39)40-28-29-47-46-26-14-15-27-49(46)53-50(47)34-40/h1-34H. The van der Waals surface area contributed by atoms with Gasteiger partial charge in [-0.2, -0.15) is 0 Å². The van der Waals surface area contributed by atoms with Crippen LogP contribution in [0.3, 0.4) is 0 Å². The molecule has 1 aromatic heterocycles. The van der Waals surface area contributed by atoms with Crippen LogP contribution >= 0.6 is 11.3 Å². The Hall–Kier alpha value is -6.68. The summed E-state index contributed by atoms with van der Waals surface area (Å²) < 4.78 is 2.58. The van der Waals surface area contributed by atoms with Crippen LogP contribution in [0.25, 0.3) is 52.8 Å². The molecule has 0 bridgehead atoms. The zero-order valence-corrected chi connectivity index (χ0v) is 29.7. The maximum atomic E-state index is 2.41. The Morgan fingerprint density at radius 1 is 0.283 bits per heavy atom. The van der Waals surface area contributed by atoms with Crippen molar-refractivity contribution in [2.24, 2.45) is 0 Å². The van der Waals surface area contributed by atoms with Crippen LogP contribution in [0, 0.1) is 0 Å². The molecule has 1 heterocycles. The molecular formula is C50H34N2S. The molecule has 10 rings (SSSR count). The molecular weight excluding hydrogens is 661 g/mol. The van der Waals surface area contributed by atoms with Crippen LogP contribution in [0.1, 0.15) is 0 Å². The summed E-state index contributed by atoms with van der Waals surface area (Å²) in [4.78, 5) is 4.78. The van der Waals surface area contributed by atoms with E-state index in [4.69, 9.17) is 0 Å². The minimum Gasteiger partial charge on any atom is -0.310 e. The lowest BCUT2D eigenvalue weighted by molar-refractivity contribution is 1.25. The molecule has 3 heteroatoms. The Morgan fingerprint density at radius 2 is 0.774 bits per heavy atom. The molecule has 0 aliphatic carbocycles. The van der Waals surface area contributed by atoms with Crippen LogP contribution in [0.2, 0.25) is 0 Å². The van der Waals surface area contributed by atoms with Gasteiger partial charge in [-0.25, -0.2) is 0 Å². The van der Waals surface area contributed by atoms with Crippen LogP contribution in [-0.2, 0) is 0 Å². The van der Waals surface area contributed by atoms with E-state index in [0.717, 1.165) is 39.7 Å². The van der Waals surface area contributed by atoms with Crippen LogP contribution in [-0.4, -0.2) is 0 Å². The molecule has 0 aliphatic heterocycles. The zero-order chi connectivity index (χ0) is 35.1. The largest absolute Gasteiger partial charge is 0.310 e. The molecule has 250 valence electrons. The van der Waals surface area contributed by atoms with E-state index in [9.17, 15) is 0 Å². The third-order valence-electron chi connectivity index (χ3n) is 10.2. The first-order valence-corrected chi connectivity index (χ1v) is 18.8. The maximum Gasteiger partial charge on any atom is 0.0488 e. The van der Waals surface area contributed by atoms with E-state index in [0.29, 0.717) is 0 Å². The molecule has 0 aliphatic rings. The van der Waals surface area contributed by atoms with Gasteiger partial charge in [0.2, 0.25) is 0 Å². The van der Waals surface area contributed by atoms with E-state index in [2.05, 4.69) is 216 Å². The number of thiophene rings is 1. The highest BCUT2D eigenvalue weighted by Gasteiger charge is 2.21. The van der Waals surface area contributed by atoms with Crippen molar-refractivity contribution >= 4 is 87.2 Å². The normalized spacial score (nSPS) is 11.4. The lowest BCUT2D eigenvalue weighted by atomic mass is 9.92. The van der Waals surface area contributed by atoms with Crippen LogP contribution in [0.15, 0.2) is 206 Å². The first kappa shape index (κ1) is 31.1. The monoisotopic (exact) mass is 694 g/mol. The highest BCUT2D eigenvalue weighted by atomic mass is 32.1. The average Bonchev–Trinajstić information content (AvgIpc) is 3.60. The molecule has 0 atom stereocenters. The van der Waals surface area contributed by atoms with Crippen LogP contribution in [0.5, 0.6) is 0 Å². The summed E-state index contributed by atoms with van der Waals surface area (Å²) in [6, 6.07) is 74.8. The van der Waals surface area contributed by atoms with Gasteiger partial charge in [0.15, 0.2) is 0 Å². The van der Waals surface area contributed by atoms with Crippen molar-refractivity contribution in [1.82, 2.24) is 0 Å². The van der Waals surface area contributed by atoms with Gasteiger partial charge in [-0.05, 0) is 112 Å². The van der Waals surface area contributed by atoms with E-state index in [-0.39, 0.29) is 0 Å². The Balaban J connectivity index is 1.27. The van der Waals surface area contributed by atoms with Crippen molar-refractivity contribution < 1.29 is 0 Å². The third kappa shape index (κ3) is 5.59. The number of hydrogen-bond acceptors (Lipinski definition) is 3. The SMILES string of the molecule is c1ccc(N(c2ccccc2)c2cc(-c3cc4ccccc4c4ccccc34)cc(N(c3ccccc3)c3ccc4c(c3)sc3ccccc34)c2)cc1. The van der Waals surface area contributed by atoms with Crippen molar-refractivity contribution in [2.75, 3.05) is 9.80 Å². The average molecular weight is 695 g/mol. The number of para-hydroxylation sites is 3. The van der Waals surface area contributed by atoms with Crippen molar-refractivity contribution in [2.45, 2.75) is 0 Å². The molecule has 0 spiro atoms. The number of benzene rings is 9. The number of rotatable bonds is 7. The molecule has 0 unspecified atom stereocenters. The molecule has 0 fully saturated rings. The van der Waals surface area contributed by atoms with Gasteiger partial charge < -0.3 is 9.80 Å². The van der Waals surface area contributed by atoms with E-state index in [1.807, 2.05) is 11.3 Å². The number of nitrogens with zero attached hydrogens (tertiary/aromatic N) is 2. The predicted octanol–water partition coefficient (Wildman–Crippen LogP) is 15.0. The fourth-order valence-electron chi connectivity index (χ4n) is 7.78. The van der Waals surface area contributed by atoms with Gasteiger partial charge in [-0.1, -0.05) is 127 Å². The second-order valence-corrected chi connectivity index (χ2v) is 14.5. The summed E-state index contributed by atoms with van der Waals surface area (Å²) in [5, 5.41) is 7.58. The second kappa shape index (κ2) is 13.1. The highest BCUT2D eigenvalue weighted by molar-refractivity contribution is 7.25. The minimum atomic E-state index is 1.08. The molecule has 0 saturated carbocycles. The van der Waals surface area contributed by atoms with Gasteiger partial charge in [0.25, 0.3) is 0 Å². The fourth-order valence-corrected chi connectivity index (χ4v) is 8.92. The molecule has 9 aromatic carbocycles. The van der Waals surface area contributed by atoms with E-state index >= 15 is 0 Å². The lowest BCUT2D eigenvalue weighted by Crippen LogP contribution is -2.13. The highest BCUT2D eigenvalue weighted by Crippen LogP contribution is 2.46. The molecule has 53 heavy (non-hydrogen) atoms. The number of anilines is 6. The van der Waals surface area contributed by atoms with E-state index < -0.39 is 0 Å². The summed E-state index contributed by atoms with van der Waals surface area (Å²) >= 11 is 1.85. The lowest BCUT2D eigenvalue weighted by Gasteiger charge is -2.30. The van der Waals surface area contributed by atoms with Crippen molar-refractivity contribution in [1.29, 1.82) is 0 Å². The van der Waals surface area contributed by atoms with Gasteiger partial charge in [0.1, 0.15) is 0 Å². The van der Waals surface area contributed by atoms with Crippen LogP contribution < -0.4 is 9.80 Å². The summed E-state index contributed by atoms with van der Waals surface area (Å²) in [5.41, 5.74) is 8.94. The molecule has 2 nitrogen and oxygen atoms in total. The van der Waals surface area contributed by atoms with Gasteiger partial charge >= 0.3 is 0 Å². The van der Waals surface area contributed by atoms with Gasteiger partial charge in [0, 0.05) is 54.3 Å². The number of hydrogen-bond donors (Lipinski definition) is 0. The fraction of sp³-hybridized carbons (Fsp3) is 0. The number of fused-ring (bicyclic) bond motifs is 6. The molecule has 0 amide bonds. The van der Waals surface area contributed by atoms with Crippen molar-refractivity contribution in [3.63, 3.8) is 0 Å². The topological polar surface area (TPSA) is 6.48 Å². The van der Waals surface area contributed by atoms with E-state index in [1.54, 1.807) is 0 Å². The van der Waals surface area contributed by atoms with Gasteiger partial charge in [-0.15, -0.1) is 11.3 Å². The molecule has 0 saturated heterocycles. The minimum absolute atomic E-state index is 1.08. The molecule has 0 N–H and O–H groups in total. The first-order valence-electron chi connectivity index (χ1n) is 18.0. The van der Waals surface area contributed by atoms with Crippen molar-refractivity contribution in [3.05, 3.63) is 206 Å². The quantitative estimate of drug-likeness (QED) is 0.153. The Labute approximate surface area is 313 Å². The Bertz CT molecular complexity index is 2860. The summed E-state index contributed by atoms with van der Waals surface area (Å²) in [6.45, 7) is 0. The first-order chi connectivity index (χ1) is 26.3. The second-order valence-electron chi connectivity index (χ2n) is 13.4. The Morgan fingerprint density at radius 3 is 1.42 bits per heavy atom. The summed E-state index contributed by atoms with van der Waals surface area (Å²) in [5.74, 6) is 0. The molecule has 10 aromatic rings. The third-order valence-corrected chi connectivity index (χ3v) is 11.3. The summed E-state index contributed by atoms with van der Waals surface area (Å²) in [6.07, 6.45) is 0. The van der Waals surface area contributed by atoms with E-state index in [1.165, 1.54) is 47.3 Å². The smallest absolute Gasteiger partial charge is 0.0488 e. The van der Waals surface area contributed by atoms with Crippen molar-refractivity contribution in [3.8, 4) is 11.1 Å². The zero-order valence-electron chi connectivity index (χ0n) is 28.9.